The maximum atomic E-state index is 13.0. The highest BCUT2D eigenvalue weighted by Crippen LogP contribution is 2.26. The summed E-state index contributed by atoms with van der Waals surface area (Å²) >= 11 is 0. The van der Waals surface area contributed by atoms with Crippen LogP contribution >= 0.6 is 0 Å². The number of carbonyl (C=O) groups excluding carboxylic acids is 1. The zero-order chi connectivity index (χ0) is 14.6. The third-order valence-corrected chi connectivity index (χ3v) is 3.77. The van der Waals surface area contributed by atoms with E-state index in [9.17, 15) is 9.18 Å². The van der Waals surface area contributed by atoms with E-state index in [1.165, 1.54) is 12.1 Å². The summed E-state index contributed by atoms with van der Waals surface area (Å²) in [5.41, 5.74) is -0.539. The molecular formula is C15H21FN2O2. The quantitative estimate of drug-likeness (QED) is 0.842. The largest absolute Gasteiger partial charge is 0.464 e. The van der Waals surface area contributed by atoms with Gasteiger partial charge in [0.25, 0.3) is 0 Å². The summed E-state index contributed by atoms with van der Waals surface area (Å²) in [6.45, 7) is 3.83. The van der Waals surface area contributed by atoms with Crippen LogP contribution in [0.15, 0.2) is 18.3 Å². The van der Waals surface area contributed by atoms with E-state index in [0.717, 1.165) is 31.9 Å². The predicted molar refractivity (Wildman–Crippen MR) is 73.6 cm³/mol. The van der Waals surface area contributed by atoms with E-state index in [1.807, 2.05) is 0 Å². The molecule has 2 rings (SSSR count). The Hall–Kier alpha value is -1.49. The molecule has 0 saturated heterocycles. The van der Waals surface area contributed by atoms with Crippen molar-refractivity contribution in [2.45, 2.75) is 51.1 Å². The molecule has 1 aliphatic rings. The summed E-state index contributed by atoms with van der Waals surface area (Å²) in [7, 11) is 0. The summed E-state index contributed by atoms with van der Waals surface area (Å²) in [6, 6.07) is 3.13. The van der Waals surface area contributed by atoms with Crippen LogP contribution in [0.25, 0.3) is 0 Å². The second-order valence-electron chi connectivity index (χ2n) is 5.33. The van der Waals surface area contributed by atoms with Crippen molar-refractivity contribution in [1.82, 2.24) is 10.3 Å². The van der Waals surface area contributed by atoms with E-state index in [1.54, 1.807) is 13.8 Å². The first kappa shape index (κ1) is 14.9. The molecule has 0 bridgehead atoms. The maximum Gasteiger partial charge on any atom is 0.332 e. The van der Waals surface area contributed by atoms with E-state index in [4.69, 9.17) is 4.74 Å². The summed E-state index contributed by atoms with van der Waals surface area (Å²) < 4.78 is 18.2. The van der Waals surface area contributed by atoms with E-state index in [0.29, 0.717) is 12.3 Å². The molecule has 0 aromatic carbocycles. The summed E-state index contributed by atoms with van der Waals surface area (Å²) in [5.74, 6) is -0.785. The predicted octanol–water partition coefficient (Wildman–Crippen LogP) is 2.53. The maximum absolute atomic E-state index is 13.0. The molecule has 0 spiro atoms. The molecule has 1 saturated carbocycles. The zero-order valence-electron chi connectivity index (χ0n) is 12.0. The van der Waals surface area contributed by atoms with Gasteiger partial charge in [0.2, 0.25) is 0 Å². The Morgan fingerprint density at radius 1 is 1.50 bits per heavy atom. The monoisotopic (exact) mass is 280 g/mol. The van der Waals surface area contributed by atoms with Crippen LogP contribution in [0.4, 0.5) is 4.39 Å². The SMILES string of the molecule is CCOC(=O)C(C)(NC1CCCC1)c1ccc(F)cn1. The van der Waals surface area contributed by atoms with Crippen molar-refractivity contribution in [2.24, 2.45) is 0 Å². The third-order valence-electron chi connectivity index (χ3n) is 3.77. The van der Waals surface area contributed by atoms with E-state index in [-0.39, 0.29) is 12.0 Å². The van der Waals surface area contributed by atoms with Crippen LogP contribution in [0.1, 0.15) is 45.2 Å². The van der Waals surface area contributed by atoms with Gasteiger partial charge in [-0.1, -0.05) is 12.8 Å². The Balaban J connectivity index is 2.26. The van der Waals surface area contributed by atoms with Gasteiger partial charge in [0.05, 0.1) is 18.5 Å². The minimum absolute atomic E-state index is 0.274. The molecule has 5 heteroatoms. The zero-order valence-corrected chi connectivity index (χ0v) is 12.0. The average molecular weight is 280 g/mol. The van der Waals surface area contributed by atoms with Crippen LogP contribution < -0.4 is 5.32 Å². The van der Waals surface area contributed by atoms with Crippen LogP contribution in [0.3, 0.4) is 0 Å². The Kier molecular flexibility index (Phi) is 4.70. The molecule has 4 nitrogen and oxygen atoms in total. The second-order valence-corrected chi connectivity index (χ2v) is 5.33. The molecule has 1 aliphatic carbocycles. The molecule has 1 aromatic heterocycles. The molecular weight excluding hydrogens is 259 g/mol. The fraction of sp³-hybridized carbons (Fsp3) is 0.600. The Morgan fingerprint density at radius 2 is 2.20 bits per heavy atom. The van der Waals surface area contributed by atoms with Crippen molar-refractivity contribution in [3.63, 3.8) is 0 Å². The van der Waals surface area contributed by atoms with Gasteiger partial charge in [-0.3, -0.25) is 10.3 Å². The number of hydrogen-bond acceptors (Lipinski definition) is 4. The van der Waals surface area contributed by atoms with Gasteiger partial charge in [0, 0.05) is 6.04 Å². The van der Waals surface area contributed by atoms with Crippen molar-refractivity contribution in [3.05, 3.63) is 29.8 Å². The van der Waals surface area contributed by atoms with Crippen molar-refractivity contribution >= 4 is 5.97 Å². The van der Waals surface area contributed by atoms with Gasteiger partial charge in [0.1, 0.15) is 5.82 Å². The van der Waals surface area contributed by atoms with Crippen LogP contribution in [-0.2, 0) is 15.1 Å². The highest BCUT2D eigenvalue weighted by molar-refractivity contribution is 5.81. The van der Waals surface area contributed by atoms with Crippen molar-refractivity contribution < 1.29 is 13.9 Å². The first-order valence-corrected chi connectivity index (χ1v) is 7.13. The smallest absolute Gasteiger partial charge is 0.332 e. The number of ether oxygens (including phenoxy) is 1. The Labute approximate surface area is 118 Å². The fourth-order valence-electron chi connectivity index (χ4n) is 2.66. The number of nitrogens with one attached hydrogen (secondary N) is 1. The van der Waals surface area contributed by atoms with Crippen molar-refractivity contribution in [3.8, 4) is 0 Å². The second kappa shape index (κ2) is 6.31. The van der Waals surface area contributed by atoms with Gasteiger partial charge in [-0.15, -0.1) is 0 Å². The molecule has 0 radical (unpaired) electrons. The molecule has 1 aromatic rings. The van der Waals surface area contributed by atoms with Crippen LogP contribution in [-0.4, -0.2) is 23.6 Å². The van der Waals surface area contributed by atoms with Crippen molar-refractivity contribution in [2.75, 3.05) is 6.61 Å². The summed E-state index contributed by atoms with van der Waals surface area (Å²) in [5, 5.41) is 3.35. The summed E-state index contributed by atoms with van der Waals surface area (Å²) in [6.07, 6.45) is 5.52. The van der Waals surface area contributed by atoms with Gasteiger partial charge in [-0.05, 0) is 38.8 Å². The first-order chi connectivity index (χ1) is 9.56. The fourth-order valence-corrected chi connectivity index (χ4v) is 2.66. The lowest BCUT2D eigenvalue weighted by Gasteiger charge is -2.31. The normalized spacial score (nSPS) is 18.8. The third kappa shape index (κ3) is 3.15. The van der Waals surface area contributed by atoms with Crippen LogP contribution in [0.2, 0.25) is 0 Å². The van der Waals surface area contributed by atoms with Crippen LogP contribution in [0, 0.1) is 5.82 Å². The minimum atomic E-state index is -1.03. The molecule has 1 unspecified atom stereocenters. The standard InChI is InChI=1S/C15H21FN2O2/c1-3-20-14(19)15(2,18-12-6-4-5-7-12)13-9-8-11(16)10-17-13/h8-10,12,18H,3-7H2,1-2H3. The van der Waals surface area contributed by atoms with E-state index < -0.39 is 11.4 Å². The number of halogens is 1. The lowest BCUT2D eigenvalue weighted by Crippen LogP contribution is -2.52. The van der Waals surface area contributed by atoms with Gasteiger partial charge in [-0.2, -0.15) is 0 Å². The summed E-state index contributed by atoms with van der Waals surface area (Å²) in [4.78, 5) is 16.4. The number of rotatable bonds is 5. The van der Waals surface area contributed by atoms with Crippen LogP contribution in [0.5, 0.6) is 0 Å². The molecule has 1 atom stereocenters. The topological polar surface area (TPSA) is 51.2 Å². The van der Waals surface area contributed by atoms with Crippen molar-refractivity contribution in [1.29, 1.82) is 0 Å². The van der Waals surface area contributed by atoms with E-state index >= 15 is 0 Å². The molecule has 1 fully saturated rings. The number of esters is 1. The lowest BCUT2D eigenvalue weighted by molar-refractivity contribution is -0.151. The van der Waals surface area contributed by atoms with Gasteiger partial charge < -0.3 is 4.74 Å². The Bertz CT molecular complexity index is 457. The highest BCUT2D eigenvalue weighted by Gasteiger charge is 2.40. The minimum Gasteiger partial charge on any atom is -0.464 e. The number of nitrogens with zero attached hydrogens (tertiary/aromatic N) is 1. The molecule has 1 N–H and O–H groups in total. The number of carbonyl (C=O) groups is 1. The Morgan fingerprint density at radius 3 is 2.75 bits per heavy atom. The molecule has 0 amide bonds. The lowest BCUT2D eigenvalue weighted by atomic mass is 9.95. The number of hydrogen-bond donors (Lipinski definition) is 1. The molecule has 0 aliphatic heterocycles. The van der Waals surface area contributed by atoms with Gasteiger partial charge in [0.15, 0.2) is 5.54 Å². The molecule has 20 heavy (non-hydrogen) atoms. The molecule has 1 heterocycles. The van der Waals surface area contributed by atoms with Gasteiger partial charge >= 0.3 is 5.97 Å². The first-order valence-electron chi connectivity index (χ1n) is 7.13. The number of aromatic nitrogens is 1. The number of pyridine rings is 1. The van der Waals surface area contributed by atoms with E-state index in [2.05, 4.69) is 10.3 Å². The highest BCUT2D eigenvalue weighted by atomic mass is 19.1. The molecule has 110 valence electrons. The average Bonchev–Trinajstić information content (AvgIpc) is 2.92. The van der Waals surface area contributed by atoms with Gasteiger partial charge in [-0.25, -0.2) is 9.18 Å².